The summed E-state index contributed by atoms with van der Waals surface area (Å²) in [7, 11) is 0. The van der Waals surface area contributed by atoms with Crippen LogP contribution in [0, 0.1) is 6.92 Å². The van der Waals surface area contributed by atoms with Crippen molar-refractivity contribution < 1.29 is 18.3 Å². The lowest BCUT2D eigenvalue weighted by atomic mass is 9.95. The molecule has 2 aromatic rings. The van der Waals surface area contributed by atoms with Gasteiger partial charge in [-0.15, -0.1) is 0 Å². The minimum absolute atomic E-state index is 0.513. The average Bonchev–Trinajstić information content (AvgIpc) is 2.83. The van der Waals surface area contributed by atoms with E-state index in [1.54, 1.807) is 23.8 Å². The van der Waals surface area contributed by atoms with Crippen LogP contribution in [0.15, 0.2) is 30.5 Å². The molecule has 0 amide bonds. The van der Waals surface area contributed by atoms with E-state index in [0.717, 1.165) is 35.7 Å². The number of aromatic nitrogens is 1. The number of aliphatic hydroxyl groups excluding tert-OH is 1. The summed E-state index contributed by atoms with van der Waals surface area (Å²) in [4.78, 5) is 0. The van der Waals surface area contributed by atoms with E-state index >= 15 is 0 Å². The molecule has 1 unspecified atom stereocenters. The van der Waals surface area contributed by atoms with Crippen molar-refractivity contribution in [3.05, 3.63) is 52.8 Å². The van der Waals surface area contributed by atoms with Gasteiger partial charge in [-0.25, -0.2) is 0 Å². The summed E-state index contributed by atoms with van der Waals surface area (Å²) in [5, 5.41) is 9.98. The van der Waals surface area contributed by atoms with Crippen LogP contribution in [0.5, 0.6) is 0 Å². The number of aliphatic hydroxyl groups is 1. The van der Waals surface area contributed by atoms with Crippen molar-refractivity contribution in [2.24, 2.45) is 0 Å². The topological polar surface area (TPSA) is 25.2 Å². The highest BCUT2D eigenvalue weighted by atomic mass is 19.4. The van der Waals surface area contributed by atoms with Gasteiger partial charge < -0.3 is 9.67 Å². The van der Waals surface area contributed by atoms with E-state index in [1.165, 1.54) is 12.1 Å². The molecule has 1 atom stereocenters. The Morgan fingerprint density at radius 2 is 2.00 bits per heavy atom. The van der Waals surface area contributed by atoms with Crippen molar-refractivity contribution in [2.75, 3.05) is 0 Å². The lowest BCUT2D eigenvalue weighted by Crippen LogP contribution is -2.12. The minimum atomic E-state index is -4.35. The highest BCUT2D eigenvalue weighted by molar-refractivity contribution is 5.47. The second kappa shape index (κ2) is 4.91. The van der Waals surface area contributed by atoms with Gasteiger partial charge in [0, 0.05) is 23.1 Å². The zero-order valence-electron chi connectivity index (χ0n) is 11.6. The van der Waals surface area contributed by atoms with E-state index in [2.05, 4.69) is 0 Å². The van der Waals surface area contributed by atoms with Crippen molar-refractivity contribution in [3.63, 3.8) is 0 Å². The lowest BCUT2D eigenvalue weighted by Gasteiger charge is -2.21. The summed E-state index contributed by atoms with van der Waals surface area (Å²) in [6, 6.07) is 5.57. The van der Waals surface area contributed by atoms with E-state index in [1.807, 2.05) is 0 Å². The summed E-state index contributed by atoms with van der Waals surface area (Å²) in [5.41, 5.74) is 2.40. The van der Waals surface area contributed by atoms with Gasteiger partial charge in [-0.05, 0) is 49.9 Å². The van der Waals surface area contributed by atoms with Crippen molar-refractivity contribution in [1.29, 1.82) is 0 Å². The fourth-order valence-electron chi connectivity index (χ4n) is 2.94. The predicted molar refractivity (Wildman–Crippen MR) is 73.4 cm³/mol. The standard InChI is InChI=1S/C16H16F3NO/c1-10-5-6-11(16(17,18)19)9-14(10)20-8-7-12-13(20)3-2-4-15(12)21/h5-9,15,21H,2-4H2,1H3. The zero-order chi connectivity index (χ0) is 15.2. The van der Waals surface area contributed by atoms with Crippen LogP contribution in [0.25, 0.3) is 5.69 Å². The van der Waals surface area contributed by atoms with E-state index in [9.17, 15) is 18.3 Å². The maximum Gasteiger partial charge on any atom is 0.416 e. The molecule has 0 saturated carbocycles. The minimum Gasteiger partial charge on any atom is -0.388 e. The first-order valence-electron chi connectivity index (χ1n) is 6.94. The molecule has 1 N–H and O–H groups in total. The number of aryl methyl sites for hydroxylation is 1. The molecule has 112 valence electrons. The molecule has 0 bridgehead atoms. The van der Waals surface area contributed by atoms with Crippen molar-refractivity contribution in [2.45, 2.75) is 38.5 Å². The first-order chi connectivity index (χ1) is 9.88. The van der Waals surface area contributed by atoms with E-state index < -0.39 is 17.8 Å². The number of nitrogens with zero attached hydrogens (tertiary/aromatic N) is 1. The normalized spacial score (nSPS) is 18.6. The number of fused-ring (bicyclic) bond motifs is 1. The van der Waals surface area contributed by atoms with Crippen LogP contribution in [0.4, 0.5) is 13.2 Å². The SMILES string of the molecule is Cc1ccc(C(F)(F)F)cc1-n1ccc2c1CCCC2O. The fraction of sp³-hybridized carbons (Fsp3) is 0.375. The van der Waals surface area contributed by atoms with Gasteiger partial charge in [-0.3, -0.25) is 0 Å². The molecular weight excluding hydrogens is 279 g/mol. The van der Waals surface area contributed by atoms with Crippen LogP contribution in [-0.4, -0.2) is 9.67 Å². The summed E-state index contributed by atoms with van der Waals surface area (Å²) in [6.07, 6.45) is -0.790. The van der Waals surface area contributed by atoms with Gasteiger partial charge in [0.25, 0.3) is 0 Å². The van der Waals surface area contributed by atoms with Gasteiger partial charge in [-0.1, -0.05) is 6.07 Å². The Labute approximate surface area is 120 Å². The molecule has 2 nitrogen and oxygen atoms in total. The second-order valence-electron chi connectivity index (χ2n) is 5.49. The molecule has 1 aliphatic rings. The van der Waals surface area contributed by atoms with Crippen LogP contribution in [0.1, 0.15) is 41.3 Å². The predicted octanol–water partition coefficient (Wildman–Crippen LogP) is 4.17. The third kappa shape index (κ3) is 2.46. The molecule has 21 heavy (non-hydrogen) atoms. The number of halogens is 3. The molecule has 0 saturated heterocycles. The summed E-state index contributed by atoms with van der Waals surface area (Å²) in [6.45, 7) is 1.79. The Kier molecular flexibility index (Phi) is 3.32. The molecule has 1 heterocycles. The number of hydrogen-bond donors (Lipinski definition) is 1. The fourth-order valence-corrected chi connectivity index (χ4v) is 2.94. The molecule has 5 heteroatoms. The molecule has 3 rings (SSSR count). The summed E-state index contributed by atoms with van der Waals surface area (Å²) >= 11 is 0. The second-order valence-corrected chi connectivity index (χ2v) is 5.49. The van der Waals surface area contributed by atoms with E-state index in [-0.39, 0.29) is 0 Å². The molecular formula is C16H16F3NO. The molecule has 0 spiro atoms. The van der Waals surface area contributed by atoms with Crippen molar-refractivity contribution in [3.8, 4) is 5.69 Å². The number of benzene rings is 1. The Morgan fingerprint density at radius 3 is 2.71 bits per heavy atom. The van der Waals surface area contributed by atoms with Crippen LogP contribution < -0.4 is 0 Å². The van der Waals surface area contributed by atoms with Gasteiger partial charge in [0.1, 0.15) is 0 Å². The molecule has 1 aliphatic carbocycles. The monoisotopic (exact) mass is 295 g/mol. The molecule has 0 aliphatic heterocycles. The van der Waals surface area contributed by atoms with E-state index in [0.29, 0.717) is 12.1 Å². The van der Waals surface area contributed by atoms with Crippen LogP contribution in [0.2, 0.25) is 0 Å². The van der Waals surface area contributed by atoms with Gasteiger partial charge in [0.15, 0.2) is 0 Å². The maximum absolute atomic E-state index is 12.9. The van der Waals surface area contributed by atoms with Gasteiger partial charge in [0.05, 0.1) is 11.7 Å². The van der Waals surface area contributed by atoms with Crippen molar-refractivity contribution in [1.82, 2.24) is 4.57 Å². The maximum atomic E-state index is 12.9. The van der Waals surface area contributed by atoms with Gasteiger partial charge in [-0.2, -0.15) is 13.2 Å². The van der Waals surface area contributed by atoms with Crippen LogP contribution in [-0.2, 0) is 12.6 Å². The third-order valence-electron chi connectivity index (χ3n) is 4.07. The van der Waals surface area contributed by atoms with E-state index in [4.69, 9.17) is 0 Å². The number of hydrogen-bond acceptors (Lipinski definition) is 1. The first-order valence-corrected chi connectivity index (χ1v) is 6.94. The van der Waals surface area contributed by atoms with Crippen molar-refractivity contribution >= 4 is 0 Å². The largest absolute Gasteiger partial charge is 0.416 e. The third-order valence-corrected chi connectivity index (χ3v) is 4.07. The lowest BCUT2D eigenvalue weighted by molar-refractivity contribution is -0.137. The number of rotatable bonds is 1. The quantitative estimate of drug-likeness (QED) is 0.839. The molecule has 1 aromatic heterocycles. The summed E-state index contributed by atoms with van der Waals surface area (Å²) < 4.78 is 40.5. The van der Waals surface area contributed by atoms with Crippen LogP contribution in [0.3, 0.4) is 0 Å². The highest BCUT2D eigenvalue weighted by Gasteiger charge is 2.31. The Balaban J connectivity index is 2.13. The highest BCUT2D eigenvalue weighted by Crippen LogP contribution is 2.35. The smallest absolute Gasteiger partial charge is 0.388 e. The zero-order valence-corrected chi connectivity index (χ0v) is 11.6. The molecule has 0 fully saturated rings. The Hall–Kier alpha value is -1.75. The Bertz CT molecular complexity index is 673. The van der Waals surface area contributed by atoms with Gasteiger partial charge >= 0.3 is 6.18 Å². The Morgan fingerprint density at radius 1 is 1.24 bits per heavy atom. The van der Waals surface area contributed by atoms with Gasteiger partial charge in [0.2, 0.25) is 0 Å². The van der Waals surface area contributed by atoms with Crippen LogP contribution >= 0.6 is 0 Å². The molecule has 1 aromatic carbocycles. The number of alkyl halides is 3. The molecule has 0 radical (unpaired) electrons. The first kappa shape index (κ1) is 14.2. The summed E-state index contributed by atoms with van der Waals surface area (Å²) in [5.74, 6) is 0. The average molecular weight is 295 g/mol.